The first-order valence-corrected chi connectivity index (χ1v) is 7.48. The minimum absolute atomic E-state index is 0.155. The second kappa shape index (κ2) is 8.57. The number of hydrogen-bond donors (Lipinski definition) is 4. The number of anilines is 1. The van der Waals surface area contributed by atoms with Gasteiger partial charge in [0.25, 0.3) is 0 Å². The second-order valence-electron chi connectivity index (χ2n) is 5.29. The molecule has 0 aliphatic carbocycles. The highest BCUT2D eigenvalue weighted by molar-refractivity contribution is 5.84. The monoisotopic (exact) mass is 346 g/mol. The number of ether oxygens (including phenoxy) is 1. The van der Waals surface area contributed by atoms with Gasteiger partial charge in [0, 0.05) is 17.5 Å². The minimum atomic E-state index is -1.28. The fourth-order valence-electron chi connectivity index (χ4n) is 2.40. The fourth-order valence-corrected chi connectivity index (χ4v) is 2.40. The minimum Gasteiger partial charge on any atom is -0.480 e. The normalized spacial score (nSPS) is 22.0. The lowest BCUT2D eigenvalue weighted by atomic mass is 9.98. The lowest BCUT2D eigenvalue weighted by Gasteiger charge is -2.35. The molecule has 0 unspecified atom stereocenters. The van der Waals surface area contributed by atoms with Gasteiger partial charge in [0.2, 0.25) is 11.7 Å². The summed E-state index contributed by atoms with van der Waals surface area (Å²) in [5.74, 6) is -1.95. The number of hydrogen-bond acceptors (Lipinski definition) is 6. The van der Waals surface area contributed by atoms with E-state index in [1.807, 2.05) is 30.3 Å². The van der Waals surface area contributed by atoms with Gasteiger partial charge in [-0.25, -0.2) is 10.2 Å². The molecule has 0 bridgehead atoms. The van der Waals surface area contributed by atoms with Gasteiger partial charge in [0.15, 0.2) is 0 Å². The summed E-state index contributed by atoms with van der Waals surface area (Å²) in [5.41, 5.74) is 15.4. The average Bonchev–Trinajstić information content (AvgIpc) is 2.58. The van der Waals surface area contributed by atoms with Crippen LogP contribution in [0, 0.1) is 0 Å². The molecule has 0 saturated carbocycles. The molecule has 1 aromatic carbocycles. The first-order chi connectivity index (χ1) is 12.0. The van der Waals surface area contributed by atoms with Gasteiger partial charge >= 0.3 is 5.97 Å². The molecule has 10 heteroatoms. The molecule has 10 nitrogen and oxygen atoms in total. The number of carboxylic acid groups (broad SMARTS) is 1. The zero-order valence-electron chi connectivity index (χ0n) is 13.4. The van der Waals surface area contributed by atoms with Crippen LogP contribution in [-0.2, 0) is 14.3 Å². The lowest BCUT2D eigenvalue weighted by Crippen LogP contribution is -2.56. The van der Waals surface area contributed by atoms with Crippen LogP contribution in [0.2, 0.25) is 0 Å². The van der Waals surface area contributed by atoms with Crippen molar-refractivity contribution in [2.45, 2.75) is 25.1 Å². The van der Waals surface area contributed by atoms with Crippen LogP contribution in [-0.4, -0.2) is 41.7 Å². The van der Waals surface area contributed by atoms with E-state index in [0.717, 1.165) is 5.69 Å². The molecule has 0 aromatic heterocycles. The number of aliphatic carboxylic acids is 1. The van der Waals surface area contributed by atoms with Crippen molar-refractivity contribution < 1.29 is 19.4 Å². The van der Waals surface area contributed by atoms with E-state index in [2.05, 4.69) is 26.2 Å². The summed E-state index contributed by atoms with van der Waals surface area (Å²) in [6.07, 6.45) is 0.427. The SMILES string of the molecule is CC(=O)N[C@@H]1[C@@H](N=[N+]=[N-])C=C(C(=O)O)O[C@H]1CNNc1ccccc1. The Morgan fingerprint density at radius 2 is 2.08 bits per heavy atom. The van der Waals surface area contributed by atoms with E-state index in [0.29, 0.717) is 0 Å². The third-order valence-corrected chi connectivity index (χ3v) is 3.44. The predicted octanol–water partition coefficient (Wildman–Crippen LogP) is 1.15. The molecular weight excluding hydrogens is 328 g/mol. The first-order valence-electron chi connectivity index (χ1n) is 7.48. The Labute approximate surface area is 143 Å². The standard InChI is InChI=1S/C15H18N6O4/c1-9(22)18-14-11(20-21-16)7-12(15(23)24)25-13(14)8-17-19-10-5-3-2-4-6-10/h2-7,11,13-14,17,19H,8H2,1H3,(H,18,22)(H,23,24)/t11-,13-,14+/m0/s1. The molecule has 0 saturated heterocycles. The van der Waals surface area contributed by atoms with Gasteiger partial charge in [-0.15, -0.1) is 0 Å². The van der Waals surface area contributed by atoms with Gasteiger partial charge in [-0.1, -0.05) is 23.3 Å². The topological polar surface area (TPSA) is 148 Å². The number of carbonyl (C=O) groups excluding carboxylic acids is 1. The van der Waals surface area contributed by atoms with Gasteiger partial charge in [0.05, 0.1) is 18.6 Å². The molecule has 0 spiro atoms. The van der Waals surface area contributed by atoms with E-state index >= 15 is 0 Å². The Kier molecular flexibility index (Phi) is 6.21. The average molecular weight is 346 g/mol. The molecule has 0 radical (unpaired) electrons. The van der Waals surface area contributed by atoms with Crippen molar-refractivity contribution in [1.29, 1.82) is 0 Å². The van der Waals surface area contributed by atoms with E-state index in [1.165, 1.54) is 13.0 Å². The zero-order valence-corrected chi connectivity index (χ0v) is 13.4. The van der Waals surface area contributed by atoms with E-state index in [1.54, 1.807) is 0 Å². The van der Waals surface area contributed by atoms with Crippen LogP contribution < -0.4 is 16.2 Å². The Morgan fingerprint density at radius 1 is 1.36 bits per heavy atom. The third-order valence-electron chi connectivity index (χ3n) is 3.44. The van der Waals surface area contributed by atoms with Crippen molar-refractivity contribution >= 4 is 17.6 Å². The third kappa shape index (κ3) is 5.13. The molecular formula is C15H18N6O4. The van der Waals surface area contributed by atoms with Gasteiger partial charge in [-0.2, -0.15) is 0 Å². The van der Waals surface area contributed by atoms with Crippen molar-refractivity contribution in [2.24, 2.45) is 5.11 Å². The quantitative estimate of drug-likeness (QED) is 0.252. The summed E-state index contributed by atoms with van der Waals surface area (Å²) in [4.78, 5) is 25.4. The van der Waals surface area contributed by atoms with Gasteiger partial charge in [0.1, 0.15) is 6.10 Å². The number of carbonyl (C=O) groups is 2. The highest BCUT2D eigenvalue weighted by Gasteiger charge is 2.36. The highest BCUT2D eigenvalue weighted by Crippen LogP contribution is 2.21. The van der Waals surface area contributed by atoms with Crippen LogP contribution in [0.3, 0.4) is 0 Å². The van der Waals surface area contributed by atoms with Gasteiger partial charge < -0.3 is 20.6 Å². The number of carboxylic acids is 1. The number of nitrogens with one attached hydrogen (secondary N) is 3. The molecule has 0 fully saturated rings. The number of para-hydroxylation sites is 1. The molecule has 1 aliphatic rings. The lowest BCUT2D eigenvalue weighted by molar-refractivity contribution is -0.138. The highest BCUT2D eigenvalue weighted by atomic mass is 16.5. The number of nitrogens with zero attached hydrogens (tertiary/aromatic N) is 3. The van der Waals surface area contributed by atoms with Crippen LogP contribution in [0.25, 0.3) is 10.4 Å². The number of benzene rings is 1. The maximum Gasteiger partial charge on any atom is 0.370 e. The van der Waals surface area contributed by atoms with Crippen LogP contribution in [0.5, 0.6) is 0 Å². The summed E-state index contributed by atoms with van der Waals surface area (Å²) in [7, 11) is 0. The molecule has 1 amide bonds. The van der Waals surface area contributed by atoms with E-state index < -0.39 is 24.2 Å². The molecule has 3 atom stereocenters. The molecule has 1 heterocycles. The maximum absolute atomic E-state index is 11.4. The summed E-state index contributed by atoms with van der Waals surface area (Å²) >= 11 is 0. The largest absolute Gasteiger partial charge is 0.480 e. The van der Waals surface area contributed by atoms with Gasteiger partial charge in [-0.3, -0.25) is 4.79 Å². The van der Waals surface area contributed by atoms with Crippen molar-refractivity contribution in [3.63, 3.8) is 0 Å². The molecule has 1 aromatic rings. The molecule has 132 valence electrons. The Hall–Kier alpha value is -3.23. The first kappa shape index (κ1) is 18.1. The molecule has 2 rings (SSSR count). The van der Waals surface area contributed by atoms with Crippen molar-refractivity contribution in [3.8, 4) is 0 Å². The Morgan fingerprint density at radius 3 is 2.68 bits per heavy atom. The second-order valence-corrected chi connectivity index (χ2v) is 5.29. The smallest absolute Gasteiger partial charge is 0.370 e. The predicted molar refractivity (Wildman–Crippen MR) is 89.2 cm³/mol. The number of rotatable bonds is 7. The van der Waals surface area contributed by atoms with Crippen molar-refractivity contribution in [2.75, 3.05) is 12.0 Å². The zero-order chi connectivity index (χ0) is 18.2. The molecule has 4 N–H and O–H groups in total. The number of azide groups is 1. The maximum atomic E-state index is 11.4. The van der Waals surface area contributed by atoms with Crippen LogP contribution in [0.15, 0.2) is 47.3 Å². The Balaban J connectivity index is 2.13. The summed E-state index contributed by atoms with van der Waals surface area (Å²) < 4.78 is 5.44. The van der Waals surface area contributed by atoms with E-state index in [-0.39, 0.29) is 18.2 Å². The van der Waals surface area contributed by atoms with Crippen LogP contribution >= 0.6 is 0 Å². The van der Waals surface area contributed by atoms with E-state index in [4.69, 9.17) is 15.4 Å². The van der Waals surface area contributed by atoms with Crippen molar-refractivity contribution in [3.05, 3.63) is 52.6 Å². The Bertz CT molecular complexity index is 701. The van der Waals surface area contributed by atoms with Gasteiger partial charge in [-0.05, 0) is 23.7 Å². The number of amides is 1. The summed E-state index contributed by atoms with van der Waals surface area (Å²) in [5, 5.41) is 15.4. The van der Waals surface area contributed by atoms with E-state index in [9.17, 15) is 9.59 Å². The number of hydrazine groups is 1. The van der Waals surface area contributed by atoms with Crippen LogP contribution in [0.4, 0.5) is 5.69 Å². The molecule has 25 heavy (non-hydrogen) atoms. The van der Waals surface area contributed by atoms with Crippen LogP contribution in [0.1, 0.15) is 6.92 Å². The summed E-state index contributed by atoms with van der Waals surface area (Å²) in [6, 6.07) is 7.67. The fraction of sp³-hybridized carbons (Fsp3) is 0.333. The summed E-state index contributed by atoms with van der Waals surface area (Å²) in [6.45, 7) is 1.47. The van der Waals surface area contributed by atoms with Crippen molar-refractivity contribution in [1.82, 2.24) is 10.7 Å². The molecule has 1 aliphatic heterocycles.